The Labute approximate surface area is 195 Å². The van der Waals surface area contributed by atoms with Gasteiger partial charge < -0.3 is 19.9 Å². The van der Waals surface area contributed by atoms with Crippen LogP contribution in [0.5, 0.6) is 0 Å². The third-order valence-electron chi connectivity index (χ3n) is 5.42. The van der Waals surface area contributed by atoms with Gasteiger partial charge in [0, 0.05) is 50.9 Å². The molecule has 0 aliphatic carbocycles. The molecule has 8 heteroatoms. The molecule has 1 aromatic heterocycles. The Hall–Kier alpha value is -3.44. The van der Waals surface area contributed by atoms with Crippen molar-refractivity contribution in [3.05, 3.63) is 54.2 Å². The number of rotatable bonds is 9. The predicted octanol–water partition coefficient (Wildman–Crippen LogP) is 3.04. The molecule has 1 saturated heterocycles. The van der Waals surface area contributed by atoms with Crippen LogP contribution in [0.15, 0.2) is 48.7 Å². The van der Waals surface area contributed by atoms with E-state index in [4.69, 9.17) is 10.00 Å². The van der Waals surface area contributed by atoms with Gasteiger partial charge in [0.15, 0.2) is 0 Å². The summed E-state index contributed by atoms with van der Waals surface area (Å²) in [6.07, 6.45) is 2.49. The summed E-state index contributed by atoms with van der Waals surface area (Å²) in [6, 6.07) is 15.2. The lowest BCUT2D eigenvalue weighted by molar-refractivity contribution is -0.125. The van der Waals surface area contributed by atoms with Crippen LogP contribution in [0, 0.1) is 11.3 Å². The molecule has 1 fully saturated rings. The molecule has 1 aliphatic rings. The van der Waals surface area contributed by atoms with Crippen LogP contribution in [0.3, 0.4) is 0 Å². The SMILES string of the molecule is CC1CN(c2ccc(CNC(=O)CCC(=O)N(CCC#N)c3ccccc3)cn2)CC(C)O1. The molecule has 2 heterocycles. The van der Waals surface area contributed by atoms with Crippen LogP contribution in [0.1, 0.15) is 38.7 Å². The summed E-state index contributed by atoms with van der Waals surface area (Å²) in [4.78, 5) is 33.3. The van der Waals surface area contributed by atoms with Crippen molar-refractivity contribution in [1.82, 2.24) is 10.3 Å². The predicted molar refractivity (Wildman–Crippen MR) is 127 cm³/mol. The van der Waals surface area contributed by atoms with Gasteiger partial charge in [0.25, 0.3) is 0 Å². The zero-order valence-corrected chi connectivity index (χ0v) is 19.2. The average molecular weight is 450 g/mol. The van der Waals surface area contributed by atoms with Gasteiger partial charge in [-0.15, -0.1) is 0 Å². The third-order valence-corrected chi connectivity index (χ3v) is 5.42. The van der Waals surface area contributed by atoms with Crippen LogP contribution in [-0.4, -0.2) is 48.6 Å². The monoisotopic (exact) mass is 449 g/mol. The number of pyridine rings is 1. The molecule has 174 valence electrons. The highest BCUT2D eigenvalue weighted by Gasteiger charge is 2.23. The van der Waals surface area contributed by atoms with Crippen LogP contribution in [0.2, 0.25) is 0 Å². The van der Waals surface area contributed by atoms with Crippen molar-refractivity contribution in [2.45, 2.75) is 51.9 Å². The standard InChI is InChI=1S/C25H31N5O3/c1-19-17-29(18-20(2)33-19)23-10-9-21(15-27-23)16-28-24(31)11-12-25(32)30(14-6-13-26)22-7-4-3-5-8-22/h3-5,7-10,15,19-20H,6,11-12,14,16-18H2,1-2H3,(H,28,31). The molecule has 2 aromatic rings. The van der Waals surface area contributed by atoms with Crippen LogP contribution in [0.25, 0.3) is 0 Å². The number of nitrogens with zero attached hydrogens (tertiary/aromatic N) is 4. The Morgan fingerprint density at radius 1 is 1.15 bits per heavy atom. The summed E-state index contributed by atoms with van der Waals surface area (Å²) < 4.78 is 5.77. The number of anilines is 2. The van der Waals surface area contributed by atoms with Gasteiger partial charge >= 0.3 is 0 Å². The third kappa shape index (κ3) is 7.29. The molecule has 0 radical (unpaired) electrons. The quantitative estimate of drug-likeness (QED) is 0.632. The van der Waals surface area contributed by atoms with Crippen molar-refractivity contribution in [3.8, 4) is 6.07 Å². The van der Waals surface area contributed by atoms with Gasteiger partial charge in [-0.25, -0.2) is 4.98 Å². The first-order valence-corrected chi connectivity index (χ1v) is 11.3. The van der Waals surface area contributed by atoms with E-state index in [0.717, 1.165) is 30.2 Å². The van der Waals surface area contributed by atoms with E-state index >= 15 is 0 Å². The minimum Gasteiger partial charge on any atom is -0.372 e. The molecule has 2 atom stereocenters. The molecule has 8 nitrogen and oxygen atoms in total. The number of carbonyl (C=O) groups is 2. The summed E-state index contributed by atoms with van der Waals surface area (Å²) in [5.41, 5.74) is 1.63. The molecule has 1 aromatic carbocycles. The number of benzene rings is 1. The van der Waals surface area contributed by atoms with Crippen molar-refractivity contribution in [2.75, 3.05) is 29.4 Å². The normalized spacial score (nSPS) is 17.8. The van der Waals surface area contributed by atoms with Gasteiger partial charge in [-0.1, -0.05) is 24.3 Å². The number of hydrogen-bond acceptors (Lipinski definition) is 6. The molecule has 3 rings (SSSR count). The summed E-state index contributed by atoms with van der Waals surface area (Å²) >= 11 is 0. The van der Waals surface area contributed by atoms with Crippen LogP contribution < -0.4 is 15.1 Å². The van der Waals surface area contributed by atoms with Gasteiger partial charge in [0.2, 0.25) is 11.8 Å². The second kappa shape index (κ2) is 12.0. The fourth-order valence-electron chi connectivity index (χ4n) is 3.89. The highest BCUT2D eigenvalue weighted by Crippen LogP contribution is 2.19. The van der Waals surface area contributed by atoms with Gasteiger partial charge in [0.05, 0.1) is 24.7 Å². The maximum atomic E-state index is 12.7. The Morgan fingerprint density at radius 3 is 2.52 bits per heavy atom. The molecule has 0 saturated carbocycles. The van der Waals surface area contributed by atoms with E-state index < -0.39 is 0 Å². The van der Waals surface area contributed by atoms with E-state index in [-0.39, 0.29) is 43.3 Å². The number of para-hydroxylation sites is 1. The minimum absolute atomic E-state index is 0.0801. The fraction of sp³-hybridized carbons (Fsp3) is 0.440. The van der Waals surface area contributed by atoms with Gasteiger partial charge in [-0.05, 0) is 37.6 Å². The lowest BCUT2D eigenvalue weighted by Gasteiger charge is -2.36. The maximum Gasteiger partial charge on any atom is 0.227 e. The fourth-order valence-corrected chi connectivity index (χ4v) is 3.89. The Balaban J connectivity index is 1.47. The van der Waals surface area contributed by atoms with Crippen molar-refractivity contribution >= 4 is 23.3 Å². The van der Waals surface area contributed by atoms with Crippen LogP contribution in [0.4, 0.5) is 11.5 Å². The number of nitriles is 1. The number of amides is 2. The lowest BCUT2D eigenvalue weighted by atomic mass is 10.2. The Bertz CT molecular complexity index is 948. The number of aromatic nitrogens is 1. The smallest absolute Gasteiger partial charge is 0.227 e. The number of ether oxygens (including phenoxy) is 1. The first kappa shape index (κ1) is 24.2. The number of morpholine rings is 1. The molecule has 0 spiro atoms. The van der Waals surface area contributed by atoms with Gasteiger partial charge in [-0.2, -0.15) is 5.26 Å². The van der Waals surface area contributed by atoms with Crippen molar-refractivity contribution in [3.63, 3.8) is 0 Å². The zero-order chi connectivity index (χ0) is 23.6. The molecule has 2 amide bonds. The minimum atomic E-state index is -0.198. The van der Waals surface area contributed by atoms with Gasteiger partial charge in [-0.3, -0.25) is 9.59 Å². The number of carbonyl (C=O) groups excluding carboxylic acids is 2. The first-order valence-electron chi connectivity index (χ1n) is 11.3. The molecular weight excluding hydrogens is 418 g/mol. The van der Waals surface area contributed by atoms with Crippen molar-refractivity contribution < 1.29 is 14.3 Å². The summed E-state index contributed by atoms with van der Waals surface area (Å²) in [7, 11) is 0. The summed E-state index contributed by atoms with van der Waals surface area (Å²) in [6.45, 7) is 6.37. The number of nitrogens with one attached hydrogen (secondary N) is 1. The molecule has 0 bridgehead atoms. The molecular formula is C25H31N5O3. The molecule has 1 aliphatic heterocycles. The second-order valence-corrected chi connectivity index (χ2v) is 8.25. The van der Waals surface area contributed by atoms with Crippen molar-refractivity contribution in [1.29, 1.82) is 5.26 Å². The van der Waals surface area contributed by atoms with E-state index in [1.54, 1.807) is 11.1 Å². The highest BCUT2D eigenvalue weighted by atomic mass is 16.5. The van der Waals surface area contributed by atoms with E-state index in [2.05, 4.69) is 35.1 Å². The van der Waals surface area contributed by atoms with E-state index in [1.807, 2.05) is 42.5 Å². The Morgan fingerprint density at radius 2 is 1.88 bits per heavy atom. The van der Waals surface area contributed by atoms with Crippen LogP contribution in [-0.2, 0) is 20.9 Å². The van der Waals surface area contributed by atoms with E-state index in [0.29, 0.717) is 13.1 Å². The highest BCUT2D eigenvalue weighted by molar-refractivity contribution is 5.95. The second-order valence-electron chi connectivity index (χ2n) is 8.25. The largest absolute Gasteiger partial charge is 0.372 e. The van der Waals surface area contributed by atoms with E-state index in [9.17, 15) is 9.59 Å². The van der Waals surface area contributed by atoms with Gasteiger partial charge in [0.1, 0.15) is 5.82 Å². The van der Waals surface area contributed by atoms with Crippen LogP contribution >= 0.6 is 0 Å². The molecule has 1 N–H and O–H groups in total. The van der Waals surface area contributed by atoms with Crippen molar-refractivity contribution in [2.24, 2.45) is 0 Å². The molecule has 2 unspecified atom stereocenters. The lowest BCUT2D eigenvalue weighted by Crippen LogP contribution is -2.45. The average Bonchev–Trinajstić information content (AvgIpc) is 2.82. The number of hydrogen-bond donors (Lipinski definition) is 1. The molecule has 33 heavy (non-hydrogen) atoms. The topological polar surface area (TPSA) is 98.6 Å². The zero-order valence-electron chi connectivity index (χ0n) is 19.2. The maximum absolute atomic E-state index is 12.7. The first-order chi connectivity index (χ1) is 16.0. The van der Waals surface area contributed by atoms with E-state index in [1.165, 1.54) is 0 Å². The Kier molecular flexibility index (Phi) is 8.79. The summed E-state index contributed by atoms with van der Waals surface area (Å²) in [5, 5.41) is 11.7. The summed E-state index contributed by atoms with van der Waals surface area (Å²) in [5.74, 6) is 0.527.